The van der Waals surface area contributed by atoms with Gasteiger partial charge in [0.25, 0.3) is 0 Å². The van der Waals surface area contributed by atoms with Gasteiger partial charge in [0.05, 0.1) is 0 Å². The molecule has 0 aliphatic carbocycles. The molecule has 0 saturated carbocycles. The Morgan fingerprint density at radius 1 is 1.05 bits per heavy atom. The van der Waals surface area contributed by atoms with Gasteiger partial charge in [0.15, 0.2) is 0 Å². The Bertz CT molecular complexity index is 345. The first-order chi connectivity index (χ1) is 9.08. The second-order valence-corrected chi connectivity index (χ2v) is 5.74. The lowest BCUT2D eigenvalue weighted by Crippen LogP contribution is -2.26. The number of hydrogen-bond donors (Lipinski definition) is 2. The number of hydrogen-bond acceptors (Lipinski definition) is 2. The number of aliphatic hydroxyl groups excluding tert-OH is 1. The molecule has 2 atom stereocenters. The van der Waals surface area contributed by atoms with E-state index in [2.05, 4.69) is 57.3 Å². The first-order valence-corrected chi connectivity index (χ1v) is 7.52. The van der Waals surface area contributed by atoms with Crippen molar-refractivity contribution in [1.29, 1.82) is 0 Å². The van der Waals surface area contributed by atoms with Crippen LogP contribution in [0.4, 0.5) is 0 Å². The van der Waals surface area contributed by atoms with Gasteiger partial charge in [-0.05, 0) is 42.9 Å². The molecule has 1 rings (SSSR count). The minimum atomic E-state index is 0.289. The van der Waals surface area contributed by atoms with E-state index < -0.39 is 0 Å². The maximum atomic E-state index is 9.00. The van der Waals surface area contributed by atoms with Crippen LogP contribution >= 0.6 is 0 Å². The van der Waals surface area contributed by atoms with Gasteiger partial charge in [0.2, 0.25) is 0 Å². The molecule has 0 aliphatic rings. The normalized spacial score (nSPS) is 14.6. The average Bonchev–Trinajstić information content (AvgIpc) is 2.43. The van der Waals surface area contributed by atoms with Gasteiger partial charge in [-0.25, -0.2) is 0 Å². The van der Waals surface area contributed by atoms with E-state index in [1.807, 2.05) is 0 Å². The van der Waals surface area contributed by atoms with Crippen molar-refractivity contribution in [2.45, 2.75) is 52.5 Å². The van der Waals surface area contributed by atoms with Crippen LogP contribution in [0.15, 0.2) is 24.3 Å². The molecule has 0 aliphatic heterocycles. The minimum Gasteiger partial charge on any atom is -0.396 e. The van der Waals surface area contributed by atoms with E-state index in [4.69, 9.17) is 5.11 Å². The van der Waals surface area contributed by atoms with Gasteiger partial charge in [-0.3, -0.25) is 0 Å². The highest BCUT2D eigenvalue weighted by molar-refractivity contribution is 5.26. The van der Waals surface area contributed by atoms with Crippen molar-refractivity contribution in [2.24, 2.45) is 5.92 Å². The van der Waals surface area contributed by atoms with Crippen LogP contribution < -0.4 is 5.32 Å². The summed E-state index contributed by atoms with van der Waals surface area (Å²) >= 11 is 0. The number of rotatable bonds is 8. The Morgan fingerprint density at radius 3 is 2.11 bits per heavy atom. The third kappa shape index (κ3) is 5.33. The molecular formula is C17H29NO. The van der Waals surface area contributed by atoms with Gasteiger partial charge in [0, 0.05) is 12.6 Å². The van der Waals surface area contributed by atoms with Gasteiger partial charge in [-0.1, -0.05) is 51.5 Å². The van der Waals surface area contributed by atoms with Crippen molar-refractivity contribution in [3.63, 3.8) is 0 Å². The molecule has 2 heteroatoms. The molecule has 0 fully saturated rings. The maximum absolute atomic E-state index is 9.00. The molecule has 1 aromatic rings. The lowest BCUT2D eigenvalue weighted by molar-refractivity contribution is 0.249. The molecule has 2 N–H and O–H groups in total. The largest absolute Gasteiger partial charge is 0.396 e. The molecule has 0 aromatic heterocycles. The van der Waals surface area contributed by atoms with Crippen LogP contribution in [-0.2, 0) is 0 Å². The van der Waals surface area contributed by atoms with Crippen molar-refractivity contribution < 1.29 is 5.11 Å². The van der Waals surface area contributed by atoms with E-state index in [1.165, 1.54) is 11.1 Å². The maximum Gasteiger partial charge on any atom is 0.0434 e. The molecule has 1 aromatic carbocycles. The van der Waals surface area contributed by atoms with Crippen LogP contribution in [0.3, 0.4) is 0 Å². The molecule has 108 valence electrons. The number of benzene rings is 1. The highest BCUT2D eigenvalue weighted by Gasteiger charge is 2.10. The summed E-state index contributed by atoms with van der Waals surface area (Å²) in [5.74, 6) is 1.16. The summed E-state index contributed by atoms with van der Waals surface area (Å²) in [4.78, 5) is 0. The molecular weight excluding hydrogens is 234 g/mol. The Labute approximate surface area is 118 Å². The van der Waals surface area contributed by atoms with Crippen molar-refractivity contribution in [3.8, 4) is 0 Å². The Kier molecular flexibility index (Phi) is 7.11. The fourth-order valence-corrected chi connectivity index (χ4v) is 2.26. The minimum absolute atomic E-state index is 0.289. The summed E-state index contributed by atoms with van der Waals surface area (Å²) in [6.45, 7) is 10.1. The zero-order chi connectivity index (χ0) is 14.3. The van der Waals surface area contributed by atoms with Crippen LogP contribution in [0.25, 0.3) is 0 Å². The monoisotopic (exact) mass is 263 g/mol. The smallest absolute Gasteiger partial charge is 0.0434 e. The highest BCUT2D eigenvalue weighted by atomic mass is 16.3. The Morgan fingerprint density at radius 2 is 1.63 bits per heavy atom. The predicted molar refractivity (Wildman–Crippen MR) is 82.4 cm³/mol. The molecule has 2 unspecified atom stereocenters. The molecule has 0 spiro atoms. The Hall–Kier alpha value is -0.860. The Balaban J connectivity index is 2.50. The molecule has 0 saturated heterocycles. The first kappa shape index (κ1) is 16.2. The topological polar surface area (TPSA) is 32.3 Å². The van der Waals surface area contributed by atoms with Crippen LogP contribution in [0, 0.1) is 5.92 Å². The molecule has 0 amide bonds. The van der Waals surface area contributed by atoms with E-state index in [0.29, 0.717) is 17.9 Å². The third-order valence-electron chi connectivity index (χ3n) is 3.93. The fraction of sp³-hybridized carbons (Fsp3) is 0.647. The SMILES string of the molecule is CCC(CCO)CNC(C)c1ccc(C(C)C)cc1. The summed E-state index contributed by atoms with van der Waals surface area (Å²) < 4.78 is 0. The van der Waals surface area contributed by atoms with Gasteiger partial charge in [0.1, 0.15) is 0 Å². The van der Waals surface area contributed by atoms with Crippen LogP contribution in [0.5, 0.6) is 0 Å². The number of nitrogens with one attached hydrogen (secondary N) is 1. The third-order valence-corrected chi connectivity index (χ3v) is 3.93. The van der Waals surface area contributed by atoms with Crippen molar-refractivity contribution in [2.75, 3.05) is 13.2 Å². The molecule has 19 heavy (non-hydrogen) atoms. The highest BCUT2D eigenvalue weighted by Crippen LogP contribution is 2.19. The summed E-state index contributed by atoms with van der Waals surface area (Å²) in [5.41, 5.74) is 2.73. The summed E-state index contributed by atoms with van der Waals surface area (Å²) in [6.07, 6.45) is 2.01. The van der Waals surface area contributed by atoms with E-state index in [-0.39, 0.29) is 6.61 Å². The quantitative estimate of drug-likeness (QED) is 0.746. The lowest BCUT2D eigenvalue weighted by Gasteiger charge is -2.20. The van der Waals surface area contributed by atoms with Gasteiger partial charge >= 0.3 is 0 Å². The zero-order valence-corrected chi connectivity index (χ0v) is 12.8. The van der Waals surface area contributed by atoms with E-state index in [1.54, 1.807) is 0 Å². The van der Waals surface area contributed by atoms with E-state index >= 15 is 0 Å². The fourth-order valence-electron chi connectivity index (χ4n) is 2.26. The molecule has 2 nitrogen and oxygen atoms in total. The standard InChI is InChI=1S/C17H29NO/c1-5-15(10-11-19)12-18-14(4)17-8-6-16(7-9-17)13(2)3/h6-9,13-15,18-19H,5,10-12H2,1-4H3. The van der Waals surface area contributed by atoms with E-state index in [0.717, 1.165) is 19.4 Å². The molecule has 0 bridgehead atoms. The average molecular weight is 263 g/mol. The lowest BCUT2D eigenvalue weighted by atomic mass is 9.98. The summed E-state index contributed by atoms with van der Waals surface area (Å²) in [7, 11) is 0. The van der Waals surface area contributed by atoms with Crippen LogP contribution in [0.2, 0.25) is 0 Å². The summed E-state index contributed by atoms with van der Waals surface area (Å²) in [6, 6.07) is 9.26. The van der Waals surface area contributed by atoms with Gasteiger partial charge < -0.3 is 10.4 Å². The van der Waals surface area contributed by atoms with Gasteiger partial charge in [-0.2, -0.15) is 0 Å². The van der Waals surface area contributed by atoms with Crippen molar-refractivity contribution in [1.82, 2.24) is 5.32 Å². The second kappa shape index (κ2) is 8.34. The molecule has 0 heterocycles. The zero-order valence-electron chi connectivity index (χ0n) is 12.8. The first-order valence-electron chi connectivity index (χ1n) is 7.52. The van der Waals surface area contributed by atoms with Crippen molar-refractivity contribution in [3.05, 3.63) is 35.4 Å². The predicted octanol–water partition coefficient (Wildman–Crippen LogP) is 3.87. The van der Waals surface area contributed by atoms with Crippen LogP contribution in [0.1, 0.15) is 63.6 Å². The van der Waals surface area contributed by atoms with Crippen molar-refractivity contribution >= 4 is 0 Å². The summed E-state index contributed by atoms with van der Waals surface area (Å²) in [5, 5.41) is 12.6. The molecule has 0 radical (unpaired) electrons. The second-order valence-electron chi connectivity index (χ2n) is 5.74. The van der Waals surface area contributed by atoms with E-state index in [9.17, 15) is 0 Å². The van der Waals surface area contributed by atoms with Crippen LogP contribution in [-0.4, -0.2) is 18.3 Å². The van der Waals surface area contributed by atoms with Gasteiger partial charge in [-0.15, -0.1) is 0 Å². The number of aliphatic hydroxyl groups is 1.